The maximum atomic E-state index is 13.7. The Balaban J connectivity index is 1.89. The van der Waals surface area contributed by atoms with Gasteiger partial charge in [-0.05, 0) is 36.6 Å². The second kappa shape index (κ2) is 6.79. The van der Waals surface area contributed by atoms with Gasteiger partial charge in [0, 0.05) is 25.9 Å². The molecule has 0 aromatic heterocycles. The Labute approximate surface area is 147 Å². The molecule has 0 unspecified atom stereocenters. The summed E-state index contributed by atoms with van der Waals surface area (Å²) < 4.78 is 13.7. The average molecular weight is 339 g/mol. The van der Waals surface area contributed by atoms with Crippen molar-refractivity contribution in [3.05, 3.63) is 70.5 Å². The van der Waals surface area contributed by atoms with Gasteiger partial charge in [0.15, 0.2) is 0 Å². The van der Waals surface area contributed by atoms with Crippen LogP contribution in [0.2, 0.25) is 0 Å². The van der Waals surface area contributed by atoms with Gasteiger partial charge in [-0.2, -0.15) is 0 Å². The van der Waals surface area contributed by atoms with Crippen molar-refractivity contribution >= 4 is 11.7 Å². The van der Waals surface area contributed by atoms with E-state index in [-0.39, 0.29) is 29.8 Å². The lowest BCUT2D eigenvalue weighted by Crippen LogP contribution is -2.29. The van der Waals surface area contributed by atoms with Gasteiger partial charge in [0.1, 0.15) is 17.5 Å². The number of halogens is 1. The number of hydrogen-bond acceptors (Lipinski definition) is 2. The number of likely N-dealkylation sites (tertiary alicyclic amines) is 1. The first-order valence-electron chi connectivity index (χ1n) is 8.46. The summed E-state index contributed by atoms with van der Waals surface area (Å²) in [7, 11) is 1.73. The van der Waals surface area contributed by atoms with Crippen molar-refractivity contribution in [2.24, 2.45) is 5.92 Å². The summed E-state index contributed by atoms with van der Waals surface area (Å²) in [5, 5.41) is 0. The lowest BCUT2D eigenvalue weighted by atomic mass is 9.83. The normalized spacial score (nSPS) is 20.2. The van der Waals surface area contributed by atoms with Crippen LogP contribution in [0.5, 0.6) is 0 Å². The number of aryl methyl sites for hydroxylation is 1. The van der Waals surface area contributed by atoms with Crippen LogP contribution in [0.3, 0.4) is 0 Å². The van der Waals surface area contributed by atoms with Gasteiger partial charge in [0.05, 0.1) is 0 Å². The summed E-state index contributed by atoms with van der Waals surface area (Å²) in [6.45, 7) is 4.20. The Bertz CT molecular complexity index is 813. The summed E-state index contributed by atoms with van der Waals surface area (Å²) in [6.07, 6.45) is 0.0796. The maximum absolute atomic E-state index is 13.7. The van der Waals surface area contributed by atoms with Crippen LogP contribution in [0, 0.1) is 25.6 Å². The predicted octanol–water partition coefficient (Wildman–Crippen LogP) is 3.43. The van der Waals surface area contributed by atoms with Gasteiger partial charge in [-0.25, -0.2) is 4.39 Å². The minimum atomic E-state index is -0.699. The van der Waals surface area contributed by atoms with E-state index in [1.54, 1.807) is 31.0 Å². The number of Topliss-reactive ketones (excluding diaryl/α,β-unsaturated/α-hetero) is 1. The fourth-order valence-corrected chi connectivity index (χ4v) is 3.51. The van der Waals surface area contributed by atoms with Crippen LogP contribution in [0.4, 0.5) is 4.39 Å². The number of hydrogen-bond donors (Lipinski definition) is 0. The van der Waals surface area contributed by atoms with Gasteiger partial charge in [-0.1, -0.05) is 42.0 Å². The summed E-state index contributed by atoms with van der Waals surface area (Å²) in [5.74, 6) is -1.47. The van der Waals surface area contributed by atoms with Crippen molar-refractivity contribution in [3.63, 3.8) is 0 Å². The van der Waals surface area contributed by atoms with Crippen LogP contribution in [-0.2, 0) is 16.0 Å². The summed E-state index contributed by atoms with van der Waals surface area (Å²) in [5.41, 5.74) is 3.26. The van der Waals surface area contributed by atoms with E-state index in [1.807, 2.05) is 31.2 Å². The molecular formula is C21H22FNO2. The molecule has 25 heavy (non-hydrogen) atoms. The van der Waals surface area contributed by atoms with E-state index >= 15 is 0 Å². The highest BCUT2D eigenvalue weighted by atomic mass is 19.1. The zero-order valence-corrected chi connectivity index (χ0v) is 14.8. The van der Waals surface area contributed by atoms with Gasteiger partial charge in [-0.3, -0.25) is 9.59 Å². The molecule has 130 valence electrons. The average Bonchev–Trinajstić information content (AvgIpc) is 2.88. The Kier molecular flexibility index (Phi) is 4.71. The van der Waals surface area contributed by atoms with Gasteiger partial charge in [0.2, 0.25) is 5.91 Å². The van der Waals surface area contributed by atoms with Crippen LogP contribution < -0.4 is 0 Å². The molecule has 3 rings (SSSR count). The lowest BCUT2D eigenvalue weighted by Gasteiger charge is -2.17. The molecule has 2 atom stereocenters. The van der Waals surface area contributed by atoms with Crippen molar-refractivity contribution in [1.29, 1.82) is 0 Å². The van der Waals surface area contributed by atoms with E-state index in [0.29, 0.717) is 17.7 Å². The second-order valence-electron chi connectivity index (χ2n) is 6.88. The molecule has 0 aliphatic carbocycles. The van der Waals surface area contributed by atoms with Crippen molar-refractivity contribution in [2.75, 3.05) is 13.6 Å². The molecule has 3 nitrogen and oxygen atoms in total. The molecule has 1 fully saturated rings. The standard InChI is InChI=1S/C21H22FNO2/c1-13-7-9-15(10-8-13)17-12-23(3)21(25)20(17)19(24)11-16-5-4-6-18(22)14(16)2/h4-10,17,20H,11-12H2,1-3H3/t17-,20+/m1/s1. The Morgan fingerprint density at radius 1 is 1.16 bits per heavy atom. The molecule has 1 heterocycles. The molecule has 1 saturated heterocycles. The first-order chi connectivity index (χ1) is 11.9. The third kappa shape index (κ3) is 3.34. The van der Waals surface area contributed by atoms with E-state index in [1.165, 1.54) is 6.07 Å². The largest absolute Gasteiger partial charge is 0.344 e. The highest BCUT2D eigenvalue weighted by Gasteiger charge is 2.43. The zero-order chi connectivity index (χ0) is 18.1. The van der Waals surface area contributed by atoms with Gasteiger partial charge in [-0.15, -0.1) is 0 Å². The fraction of sp³-hybridized carbons (Fsp3) is 0.333. The number of carbonyl (C=O) groups is 2. The number of amides is 1. The number of carbonyl (C=O) groups excluding carboxylic acids is 2. The van der Waals surface area contributed by atoms with E-state index in [4.69, 9.17) is 0 Å². The van der Waals surface area contributed by atoms with Crippen LogP contribution in [0.1, 0.15) is 28.2 Å². The molecule has 2 aromatic carbocycles. The Morgan fingerprint density at radius 2 is 1.84 bits per heavy atom. The van der Waals surface area contributed by atoms with Crippen LogP contribution in [0.25, 0.3) is 0 Å². The van der Waals surface area contributed by atoms with E-state index in [9.17, 15) is 14.0 Å². The smallest absolute Gasteiger partial charge is 0.233 e. The van der Waals surface area contributed by atoms with Crippen LogP contribution >= 0.6 is 0 Å². The third-order valence-corrected chi connectivity index (χ3v) is 5.11. The highest BCUT2D eigenvalue weighted by molar-refractivity contribution is 6.04. The van der Waals surface area contributed by atoms with Gasteiger partial charge < -0.3 is 4.90 Å². The summed E-state index contributed by atoms with van der Waals surface area (Å²) >= 11 is 0. The van der Waals surface area contributed by atoms with E-state index < -0.39 is 5.92 Å². The van der Waals surface area contributed by atoms with Crippen molar-refractivity contribution in [2.45, 2.75) is 26.2 Å². The fourth-order valence-electron chi connectivity index (χ4n) is 3.51. The third-order valence-electron chi connectivity index (χ3n) is 5.11. The maximum Gasteiger partial charge on any atom is 0.233 e. The predicted molar refractivity (Wildman–Crippen MR) is 94.9 cm³/mol. The summed E-state index contributed by atoms with van der Waals surface area (Å²) in [6, 6.07) is 12.7. The monoisotopic (exact) mass is 339 g/mol. The number of nitrogens with zero attached hydrogens (tertiary/aromatic N) is 1. The van der Waals surface area contributed by atoms with Gasteiger partial charge >= 0.3 is 0 Å². The van der Waals surface area contributed by atoms with Crippen LogP contribution in [0.15, 0.2) is 42.5 Å². The molecule has 1 aliphatic heterocycles. The molecule has 1 amide bonds. The van der Waals surface area contributed by atoms with Crippen molar-refractivity contribution < 1.29 is 14.0 Å². The highest BCUT2D eigenvalue weighted by Crippen LogP contribution is 2.34. The molecular weight excluding hydrogens is 317 g/mol. The van der Waals surface area contributed by atoms with Crippen molar-refractivity contribution in [1.82, 2.24) is 4.90 Å². The van der Waals surface area contributed by atoms with E-state index in [2.05, 4.69) is 0 Å². The Hall–Kier alpha value is -2.49. The minimum Gasteiger partial charge on any atom is -0.344 e. The molecule has 0 radical (unpaired) electrons. The summed E-state index contributed by atoms with van der Waals surface area (Å²) in [4.78, 5) is 27.1. The van der Waals surface area contributed by atoms with Crippen molar-refractivity contribution in [3.8, 4) is 0 Å². The molecule has 2 aromatic rings. The molecule has 4 heteroatoms. The number of benzene rings is 2. The topological polar surface area (TPSA) is 37.4 Å². The van der Waals surface area contributed by atoms with E-state index in [0.717, 1.165) is 11.1 Å². The molecule has 1 aliphatic rings. The Morgan fingerprint density at radius 3 is 2.52 bits per heavy atom. The quantitative estimate of drug-likeness (QED) is 0.801. The number of rotatable bonds is 4. The first kappa shape index (κ1) is 17.3. The lowest BCUT2D eigenvalue weighted by molar-refractivity contribution is -0.136. The molecule has 0 spiro atoms. The molecule has 0 N–H and O–H groups in total. The van der Waals surface area contributed by atoms with Crippen LogP contribution in [-0.4, -0.2) is 30.2 Å². The SMILES string of the molecule is Cc1ccc([C@H]2CN(C)C(=O)[C@@H]2C(=O)Cc2cccc(F)c2C)cc1. The first-order valence-corrected chi connectivity index (χ1v) is 8.46. The number of likely N-dealkylation sites (N-methyl/N-ethyl adjacent to an activating group) is 1. The second-order valence-corrected chi connectivity index (χ2v) is 6.88. The zero-order valence-electron chi connectivity index (χ0n) is 14.8. The number of ketones is 1. The minimum absolute atomic E-state index is 0.0796. The van der Waals surface area contributed by atoms with Gasteiger partial charge in [0.25, 0.3) is 0 Å². The molecule has 0 saturated carbocycles. The molecule has 0 bridgehead atoms.